The fourth-order valence-electron chi connectivity index (χ4n) is 4.99. The highest BCUT2D eigenvalue weighted by molar-refractivity contribution is 6.94. The molecular weight excluding hydrogens is 352 g/mol. The Morgan fingerprint density at radius 3 is 1.61 bits per heavy atom. The van der Waals surface area contributed by atoms with E-state index in [-0.39, 0.29) is 0 Å². The second-order valence-electron chi connectivity index (χ2n) is 8.12. The van der Waals surface area contributed by atoms with E-state index < -0.39 is 8.80 Å². The van der Waals surface area contributed by atoms with Gasteiger partial charge in [-0.2, -0.15) is 0 Å². The normalized spacial score (nSPS) is 15.4. The molecule has 0 saturated carbocycles. The van der Waals surface area contributed by atoms with Gasteiger partial charge in [-0.25, -0.2) is 0 Å². The molecule has 0 nitrogen and oxygen atoms in total. The van der Waals surface area contributed by atoms with E-state index in [0.29, 0.717) is 0 Å². The van der Waals surface area contributed by atoms with Crippen LogP contribution < -0.4 is 0 Å². The zero-order valence-electron chi connectivity index (χ0n) is 16.6. The van der Waals surface area contributed by atoms with Crippen LogP contribution in [-0.2, 0) is 18.9 Å². The number of allylic oxidation sites excluding steroid dienone is 2. The number of hydrogen-bond acceptors (Lipinski definition) is 0. The molecule has 0 spiro atoms. The van der Waals surface area contributed by atoms with Crippen molar-refractivity contribution < 1.29 is 0 Å². The summed E-state index contributed by atoms with van der Waals surface area (Å²) in [6.07, 6.45) is 2.23. The van der Waals surface area contributed by atoms with Gasteiger partial charge in [-0.1, -0.05) is 95.6 Å². The van der Waals surface area contributed by atoms with Gasteiger partial charge in [0.15, 0.2) is 0 Å². The first-order chi connectivity index (χ1) is 13.7. The van der Waals surface area contributed by atoms with Gasteiger partial charge in [-0.15, -0.1) is 0 Å². The van der Waals surface area contributed by atoms with Crippen molar-refractivity contribution in [2.45, 2.75) is 32.7 Å². The fraction of sp³-hybridized carbons (Fsp3) is 0.185. The lowest BCUT2D eigenvalue weighted by Gasteiger charge is -2.23. The first kappa shape index (κ1) is 17.5. The second-order valence-corrected chi connectivity index (χ2v) is 10.4. The maximum absolute atomic E-state index is 2.36. The van der Waals surface area contributed by atoms with E-state index in [1.807, 2.05) is 0 Å². The van der Waals surface area contributed by atoms with Gasteiger partial charge in [0.25, 0.3) is 0 Å². The Bertz CT molecular complexity index is 1030. The Morgan fingerprint density at radius 1 is 0.607 bits per heavy atom. The molecule has 0 aromatic heterocycles. The predicted molar refractivity (Wildman–Crippen MR) is 121 cm³/mol. The highest BCUT2D eigenvalue weighted by atomic mass is 28.3. The minimum atomic E-state index is -0.914. The Morgan fingerprint density at radius 2 is 1.07 bits per heavy atom. The summed E-state index contributed by atoms with van der Waals surface area (Å²) in [6.45, 7) is 4.73. The standard InChI is InChI=1S/C27H25Si/c1-19-16-22-12-6-8-14-24(22)26(19)28(18-21-10-4-3-5-11-21)27-20(2)17-23-13-7-9-15-25(23)27/h3-15H,16-18H2,1-2H3. The third-order valence-corrected chi connectivity index (χ3v) is 9.53. The van der Waals surface area contributed by atoms with E-state index in [4.69, 9.17) is 0 Å². The summed E-state index contributed by atoms with van der Waals surface area (Å²) in [4.78, 5) is 0. The van der Waals surface area contributed by atoms with Crippen molar-refractivity contribution in [3.05, 3.63) is 118 Å². The van der Waals surface area contributed by atoms with Crippen LogP contribution in [0.15, 0.2) is 90.0 Å². The van der Waals surface area contributed by atoms with Crippen molar-refractivity contribution in [1.82, 2.24) is 0 Å². The number of rotatable bonds is 4. The summed E-state index contributed by atoms with van der Waals surface area (Å²) in [5.41, 5.74) is 10.7. The highest BCUT2D eigenvalue weighted by Crippen LogP contribution is 2.43. The minimum absolute atomic E-state index is 0.914. The van der Waals surface area contributed by atoms with E-state index in [9.17, 15) is 0 Å². The molecule has 28 heavy (non-hydrogen) atoms. The summed E-state index contributed by atoms with van der Waals surface area (Å²) >= 11 is 0. The molecule has 3 aromatic rings. The molecule has 1 heteroatoms. The van der Waals surface area contributed by atoms with E-state index >= 15 is 0 Å². The molecule has 137 valence electrons. The summed E-state index contributed by atoms with van der Waals surface area (Å²) in [7, 11) is -0.914. The van der Waals surface area contributed by atoms with Crippen LogP contribution in [-0.4, -0.2) is 8.80 Å². The van der Waals surface area contributed by atoms with Crippen molar-refractivity contribution in [2.75, 3.05) is 0 Å². The molecule has 0 fully saturated rings. The molecule has 0 bridgehead atoms. The van der Waals surface area contributed by atoms with Gasteiger partial charge in [0.1, 0.15) is 8.80 Å². The van der Waals surface area contributed by atoms with Crippen molar-refractivity contribution >= 4 is 19.2 Å². The highest BCUT2D eigenvalue weighted by Gasteiger charge is 2.34. The molecule has 0 N–H and O–H groups in total. The first-order valence-corrected chi connectivity index (χ1v) is 11.9. The third kappa shape index (κ3) is 2.91. The zero-order chi connectivity index (χ0) is 19.1. The van der Waals surface area contributed by atoms with Gasteiger partial charge in [0.05, 0.1) is 0 Å². The van der Waals surface area contributed by atoms with Crippen molar-refractivity contribution in [3.8, 4) is 0 Å². The van der Waals surface area contributed by atoms with Gasteiger partial charge >= 0.3 is 0 Å². The first-order valence-electron chi connectivity index (χ1n) is 10.2. The summed E-state index contributed by atoms with van der Waals surface area (Å²) in [6, 6.07) is 30.4. The van der Waals surface area contributed by atoms with Gasteiger partial charge in [0, 0.05) is 0 Å². The Kier molecular flexibility index (Phi) is 4.41. The molecule has 0 unspecified atom stereocenters. The van der Waals surface area contributed by atoms with Crippen LogP contribution in [0, 0.1) is 0 Å². The van der Waals surface area contributed by atoms with Crippen molar-refractivity contribution in [1.29, 1.82) is 0 Å². The molecule has 0 atom stereocenters. The molecule has 3 aromatic carbocycles. The van der Waals surface area contributed by atoms with Crippen LogP contribution in [0.1, 0.15) is 41.7 Å². The van der Waals surface area contributed by atoms with E-state index in [0.717, 1.165) is 18.9 Å². The van der Waals surface area contributed by atoms with Crippen LogP contribution in [0.2, 0.25) is 0 Å². The molecular formula is C27H25Si. The topological polar surface area (TPSA) is 0 Å². The summed E-state index contributed by atoms with van der Waals surface area (Å²) in [5.74, 6) is 0. The second kappa shape index (κ2) is 7.07. The van der Waals surface area contributed by atoms with Crippen LogP contribution in [0.5, 0.6) is 0 Å². The molecule has 0 saturated heterocycles. The van der Waals surface area contributed by atoms with Gasteiger partial charge in [-0.3, -0.25) is 0 Å². The van der Waals surface area contributed by atoms with Crippen LogP contribution >= 0.6 is 0 Å². The zero-order valence-corrected chi connectivity index (χ0v) is 17.6. The Balaban J connectivity index is 1.67. The van der Waals surface area contributed by atoms with Gasteiger partial charge in [0.2, 0.25) is 0 Å². The molecule has 2 aliphatic rings. The fourth-order valence-corrected chi connectivity index (χ4v) is 8.58. The average Bonchev–Trinajstić information content (AvgIpc) is 3.22. The molecule has 0 heterocycles. The molecule has 5 rings (SSSR count). The quantitative estimate of drug-likeness (QED) is 0.461. The third-order valence-electron chi connectivity index (χ3n) is 6.17. The smallest absolute Gasteiger partial charge is 0.0689 e. The number of benzene rings is 3. The Labute approximate surface area is 169 Å². The number of fused-ring (bicyclic) bond motifs is 2. The van der Waals surface area contributed by atoms with Crippen LogP contribution in [0.25, 0.3) is 10.4 Å². The lowest BCUT2D eigenvalue weighted by atomic mass is 10.1. The lowest BCUT2D eigenvalue weighted by molar-refractivity contribution is 1.19. The van der Waals surface area contributed by atoms with Gasteiger partial charge < -0.3 is 0 Å². The van der Waals surface area contributed by atoms with E-state index in [2.05, 4.69) is 92.7 Å². The average molecular weight is 378 g/mol. The molecule has 1 radical (unpaired) electrons. The van der Waals surface area contributed by atoms with Gasteiger partial charge in [-0.05, 0) is 65.4 Å². The minimum Gasteiger partial charge on any atom is -0.0689 e. The predicted octanol–water partition coefficient (Wildman–Crippen LogP) is 6.40. The monoisotopic (exact) mass is 377 g/mol. The number of hydrogen-bond donors (Lipinski definition) is 0. The van der Waals surface area contributed by atoms with Crippen LogP contribution in [0.3, 0.4) is 0 Å². The lowest BCUT2D eigenvalue weighted by Crippen LogP contribution is -2.23. The van der Waals surface area contributed by atoms with E-state index in [1.165, 1.54) is 27.8 Å². The maximum atomic E-state index is 2.36. The SMILES string of the molecule is CC1=C([Si](Cc2ccccc2)C2=C(C)Cc3ccccc32)c2ccccc2C1. The van der Waals surface area contributed by atoms with Crippen molar-refractivity contribution in [2.24, 2.45) is 0 Å². The summed E-state index contributed by atoms with van der Waals surface area (Å²) < 4.78 is 0. The molecule has 0 amide bonds. The van der Waals surface area contributed by atoms with E-state index in [1.54, 1.807) is 21.5 Å². The Hall–Kier alpha value is -2.64. The largest absolute Gasteiger partial charge is 0.127 e. The maximum Gasteiger partial charge on any atom is 0.127 e. The molecule has 0 aliphatic heterocycles. The summed E-state index contributed by atoms with van der Waals surface area (Å²) in [5, 5.41) is 3.33. The van der Waals surface area contributed by atoms with Crippen LogP contribution in [0.4, 0.5) is 0 Å². The van der Waals surface area contributed by atoms with Crippen molar-refractivity contribution in [3.63, 3.8) is 0 Å². The molecule has 2 aliphatic carbocycles.